The lowest BCUT2D eigenvalue weighted by atomic mass is 9.74. The summed E-state index contributed by atoms with van der Waals surface area (Å²) in [5, 5.41) is 9.12. The second-order valence-electron chi connectivity index (χ2n) is 4.98. The van der Waals surface area contributed by atoms with Crippen LogP contribution in [-0.2, 0) is 4.79 Å². The molecule has 0 spiro atoms. The zero-order valence-corrected chi connectivity index (χ0v) is 9.24. The quantitative estimate of drug-likeness (QED) is 0.767. The van der Waals surface area contributed by atoms with Crippen LogP contribution in [0.4, 0.5) is 4.39 Å². The maximum absolute atomic E-state index is 14.8. The van der Waals surface area contributed by atoms with E-state index in [4.69, 9.17) is 10.8 Å². The summed E-state index contributed by atoms with van der Waals surface area (Å²) < 4.78 is 14.8. The SMILES string of the molecule is CC1(C2(F)CC2(CN)C(=O)O)C=CC=CC1. The lowest BCUT2D eigenvalue weighted by Gasteiger charge is -2.33. The summed E-state index contributed by atoms with van der Waals surface area (Å²) in [5.41, 5.74) is 1.59. The summed E-state index contributed by atoms with van der Waals surface area (Å²) in [4.78, 5) is 11.2. The van der Waals surface area contributed by atoms with Crippen LogP contribution in [0.3, 0.4) is 0 Å². The molecule has 4 heteroatoms. The van der Waals surface area contributed by atoms with Gasteiger partial charge in [-0.3, -0.25) is 4.79 Å². The number of halogens is 1. The van der Waals surface area contributed by atoms with E-state index in [0.29, 0.717) is 6.42 Å². The van der Waals surface area contributed by atoms with Crippen molar-refractivity contribution in [1.82, 2.24) is 0 Å². The van der Waals surface area contributed by atoms with Crippen molar-refractivity contribution >= 4 is 5.97 Å². The van der Waals surface area contributed by atoms with Gasteiger partial charge in [0.2, 0.25) is 0 Å². The maximum atomic E-state index is 14.8. The molecule has 1 fully saturated rings. The van der Waals surface area contributed by atoms with Crippen molar-refractivity contribution in [2.24, 2.45) is 16.6 Å². The molecule has 0 heterocycles. The zero-order chi connectivity index (χ0) is 12.0. The molecule has 16 heavy (non-hydrogen) atoms. The summed E-state index contributed by atoms with van der Waals surface area (Å²) in [5.74, 6) is -1.12. The lowest BCUT2D eigenvalue weighted by Crippen LogP contribution is -2.41. The highest BCUT2D eigenvalue weighted by Crippen LogP contribution is 2.68. The first-order chi connectivity index (χ1) is 7.42. The number of hydrogen-bond donors (Lipinski definition) is 2. The van der Waals surface area contributed by atoms with E-state index in [9.17, 15) is 9.18 Å². The smallest absolute Gasteiger partial charge is 0.314 e. The van der Waals surface area contributed by atoms with Gasteiger partial charge in [-0.15, -0.1) is 0 Å². The number of alkyl halides is 1. The number of carboxylic acid groups (broad SMARTS) is 1. The Morgan fingerprint density at radius 3 is 2.62 bits per heavy atom. The van der Waals surface area contributed by atoms with E-state index in [0.717, 1.165) is 0 Å². The molecule has 2 aliphatic carbocycles. The predicted molar refractivity (Wildman–Crippen MR) is 58.6 cm³/mol. The first kappa shape index (κ1) is 11.3. The van der Waals surface area contributed by atoms with E-state index in [1.807, 2.05) is 12.2 Å². The minimum atomic E-state index is -1.72. The third-order valence-electron chi connectivity index (χ3n) is 4.10. The molecule has 0 saturated heterocycles. The Morgan fingerprint density at radius 1 is 1.56 bits per heavy atom. The molecular weight excluding hydrogens is 209 g/mol. The van der Waals surface area contributed by atoms with Crippen molar-refractivity contribution in [1.29, 1.82) is 0 Å². The van der Waals surface area contributed by atoms with E-state index in [-0.39, 0.29) is 13.0 Å². The van der Waals surface area contributed by atoms with Crippen LogP contribution < -0.4 is 5.73 Å². The van der Waals surface area contributed by atoms with Gasteiger partial charge < -0.3 is 10.8 Å². The fourth-order valence-corrected chi connectivity index (χ4v) is 2.71. The highest BCUT2D eigenvalue weighted by Gasteiger charge is 2.79. The van der Waals surface area contributed by atoms with Crippen LogP contribution in [0.1, 0.15) is 19.8 Å². The Morgan fingerprint density at radius 2 is 2.25 bits per heavy atom. The third-order valence-corrected chi connectivity index (χ3v) is 4.10. The van der Waals surface area contributed by atoms with Crippen molar-refractivity contribution < 1.29 is 14.3 Å². The number of carboxylic acids is 1. The number of carbonyl (C=O) groups is 1. The minimum absolute atomic E-state index is 0.0144. The van der Waals surface area contributed by atoms with E-state index >= 15 is 0 Å². The van der Waals surface area contributed by atoms with Crippen LogP contribution in [0.25, 0.3) is 0 Å². The predicted octanol–water partition coefficient (Wildman–Crippen LogP) is 1.65. The summed E-state index contributed by atoms with van der Waals surface area (Å²) in [6.45, 7) is 1.61. The zero-order valence-electron chi connectivity index (χ0n) is 9.24. The van der Waals surface area contributed by atoms with Crippen LogP contribution >= 0.6 is 0 Å². The van der Waals surface area contributed by atoms with Gasteiger partial charge in [-0.25, -0.2) is 4.39 Å². The highest BCUT2D eigenvalue weighted by molar-refractivity contribution is 5.82. The van der Waals surface area contributed by atoms with Gasteiger partial charge in [0.05, 0.1) is 0 Å². The molecular formula is C12H16FNO2. The Balaban J connectivity index is 2.33. The Bertz CT molecular complexity index is 392. The van der Waals surface area contributed by atoms with Crippen molar-refractivity contribution in [3.8, 4) is 0 Å². The largest absolute Gasteiger partial charge is 0.481 e. The van der Waals surface area contributed by atoms with Crippen LogP contribution in [0.2, 0.25) is 0 Å². The molecule has 0 aromatic carbocycles. The van der Waals surface area contributed by atoms with Crippen LogP contribution in [0.15, 0.2) is 24.3 Å². The monoisotopic (exact) mass is 225 g/mol. The van der Waals surface area contributed by atoms with Crippen LogP contribution in [-0.4, -0.2) is 23.3 Å². The third kappa shape index (κ3) is 1.13. The highest BCUT2D eigenvalue weighted by atomic mass is 19.1. The number of nitrogens with two attached hydrogens (primary N) is 1. The Labute approximate surface area is 93.8 Å². The first-order valence-electron chi connectivity index (χ1n) is 5.39. The van der Waals surface area contributed by atoms with Gasteiger partial charge >= 0.3 is 5.97 Å². The Kier molecular flexibility index (Phi) is 2.24. The molecule has 1 saturated carbocycles. The molecule has 2 rings (SSSR count). The average molecular weight is 225 g/mol. The number of hydrogen-bond acceptors (Lipinski definition) is 2. The van der Waals surface area contributed by atoms with Gasteiger partial charge in [-0.2, -0.15) is 0 Å². The van der Waals surface area contributed by atoms with Crippen LogP contribution in [0.5, 0.6) is 0 Å². The van der Waals surface area contributed by atoms with Crippen molar-refractivity contribution in [3.63, 3.8) is 0 Å². The second kappa shape index (κ2) is 3.17. The van der Waals surface area contributed by atoms with E-state index in [2.05, 4.69) is 0 Å². The van der Waals surface area contributed by atoms with Crippen LogP contribution in [0, 0.1) is 10.8 Å². The molecule has 88 valence electrons. The number of rotatable bonds is 3. The molecule has 3 N–H and O–H groups in total. The molecule has 3 atom stereocenters. The van der Waals surface area contributed by atoms with Gasteiger partial charge in [0.15, 0.2) is 0 Å². The van der Waals surface area contributed by atoms with Gasteiger partial charge in [0.1, 0.15) is 11.1 Å². The molecule has 0 aliphatic heterocycles. The lowest BCUT2D eigenvalue weighted by molar-refractivity contribution is -0.146. The van der Waals surface area contributed by atoms with Gasteiger partial charge in [-0.1, -0.05) is 31.2 Å². The Hall–Kier alpha value is -1.16. The van der Waals surface area contributed by atoms with Crippen molar-refractivity contribution in [2.75, 3.05) is 6.54 Å². The van der Waals surface area contributed by atoms with Crippen molar-refractivity contribution in [2.45, 2.75) is 25.4 Å². The van der Waals surface area contributed by atoms with E-state index in [1.165, 1.54) is 0 Å². The summed E-state index contributed by atoms with van der Waals surface area (Å²) in [7, 11) is 0. The average Bonchev–Trinajstić information content (AvgIpc) is 2.89. The summed E-state index contributed by atoms with van der Waals surface area (Å²) >= 11 is 0. The minimum Gasteiger partial charge on any atom is -0.481 e. The van der Waals surface area contributed by atoms with Gasteiger partial charge in [-0.05, 0) is 6.42 Å². The fourth-order valence-electron chi connectivity index (χ4n) is 2.71. The molecule has 2 aliphatic rings. The topological polar surface area (TPSA) is 63.3 Å². The molecule has 0 aromatic rings. The molecule has 0 radical (unpaired) electrons. The molecule has 0 amide bonds. The number of allylic oxidation sites excluding steroid dienone is 4. The second-order valence-corrected chi connectivity index (χ2v) is 4.98. The standard InChI is InChI=1S/C12H16FNO2/c1-10(5-3-2-4-6-10)12(13)7-11(12,8-14)9(15)16/h2-5H,6-8,14H2,1H3,(H,15,16). The summed E-state index contributed by atoms with van der Waals surface area (Å²) in [6, 6.07) is 0. The number of aliphatic carboxylic acids is 1. The summed E-state index contributed by atoms with van der Waals surface area (Å²) in [6.07, 6.45) is 7.77. The van der Waals surface area contributed by atoms with E-state index in [1.54, 1.807) is 19.1 Å². The molecule has 3 nitrogen and oxygen atoms in total. The first-order valence-corrected chi connectivity index (χ1v) is 5.39. The fraction of sp³-hybridized carbons (Fsp3) is 0.583. The molecule has 0 aromatic heterocycles. The van der Waals surface area contributed by atoms with Gasteiger partial charge in [0.25, 0.3) is 0 Å². The van der Waals surface area contributed by atoms with Crippen molar-refractivity contribution in [3.05, 3.63) is 24.3 Å². The molecule has 0 bridgehead atoms. The maximum Gasteiger partial charge on any atom is 0.314 e. The normalized spacial score (nSPS) is 45.7. The van der Waals surface area contributed by atoms with E-state index < -0.39 is 22.5 Å². The van der Waals surface area contributed by atoms with Gasteiger partial charge in [0, 0.05) is 18.4 Å². The molecule has 3 unspecified atom stereocenters.